The molecule has 1 amide bonds. The zero-order valence-electron chi connectivity index (χ0n) is 12.3. The third-order valence-corrected chi connectivity index (χ3v) is 3.97. The molecule has 3 rings (SSSR count). The molecule has 1 aromatic carbocycles. The summed E-state index contributed by atoms with van der Waals surface area (Å²) >= 11 is 0. The van der Waals surface area contributed by atoms with E-state index in [1.807, 2.05) is 36.4 Å². The van der Waals surface area contributed by atoms with Crippen molar-refractivity contribution in [2.24, 2.45) is 0 Å². The number of carbonyl (C=O) groups is 1. The normalized spacial score (nSPS) is 21.2. The van der Waals surface area contributed by atoms with Crippen molar-refractivity contribution < 1.29 is 14.6 Å². The Kier molecular flexibility index (Phi) is 4.06. The fraction of sp³-hybridized carbons (Fsp3) is 0.294. The van der Waals surface area contributed by atoms with Crippen LogP contribution in [0.4, 0.5) is 0 Å². The van der Waals surface area contributed by atoms with Crippen molar-refractivity contribution in [3.8, 4) is 5.75 Å². The number of methoxy groups -OCH3 is 1. The van der Waals surface area contributed by atoms with Crippen LogP contribution >= 0.6 is 0 Å². The zero-order valence-corrected chi connectivity index (χ0v) is 12.3. The summed E-state index contributed by atoms with van der Waals surface area (Å²) in [6.45, 7) is 0.458. The number of pyridine rings is 1. The van der Waals surface area contributed by atoms with E-state index in [1.165, 1.54) is 0 Å². The summed E-state index contributed by atoms with van der Waals surface area (Å²) in [4.78, 5) is 18.1. The lowest BCUT2D eigenvalue weighted by Gasteiger charge is -2.24. The van der Waals surface area contributed by atoms with Gasteiger partial charge in [-0.3, -0.25) is 9.78 Å². The third-order valence-electron chi connectivity index (χ3n) is 3.97. The van der Waals surface area contributed by atoms with Gasteiger partial charge >= 0.3 is 0 Å². The molecule has 0 radical (unpaired) electrons. The summed E-state index contributed by atoms with van der Waals surface area (Å²) in [5.41, 5.74) is 1.94. The summed E-state index contributed by atoms with van der Waals surface area (Å²) in [7, 11) is 1.62. The van der Waals surface area contributed by atoms with Crippen LogP contribution < -0.4 is 4.74 Å². The highest BCUT2D eigenvalue weighted by Crippen LogP contribution is 2.34. The first-order valence-corrected chi connectivity index (χ1v) is 7.20. The summed E-state index contributed by atoms with van der Waals surface area (Å²) in [6, 6.07) is 11.2. The second-order valence-corrected chi connectivity index (χ2v) is 5.37. The van der Waals surface area contributed by atoms with Crippen molar-refractivity contribution >= 4 is 5.91 Å². The first-order chi connectivity index (χ1) is 10.7. The first kappa shape index (κ1) is 14.5. The lowest BCUT2D eigenvalue weighted by Crippen LogP contribution is -2.30. The molecule has 1 aromatic heterocycles. The average molecular weight is 298 g/mol. The van der Waals surface area contributed by atoms with Crippen LogP contribution in [0.5, 0.6) is 5.75 Å². The van der Waals surface area contributed by atoms with Crippen LogP contribution in [0.3, 0.4) is 0 Å². The minimum absolute atomic E-state index is 0.140. The molecule has 1 aliphatic heterocycles. The molecule has 0 bridgehead atoms. The molecule has 5 nitrogen and oxygen atoms in total. The summed E-state index contributed by atoms with van der Waals surface area (Å²) in [5, 5.41) is 9.93. The molecule has 114 valence electrons. The van der Waals surface area contributed by atoms with E-state index in [0.717, 1.165) is 16.9 Å². The fourth-order valence-electron chi connectivity index (χ4n) is 2.79. The van der Waals surface area contributed by atoms with Crippen molar-refractivity contribution in [1.82, 2.24) is 9.88 Å². The number of rotatable bonds is 4. The van der Waals surface area contributed by atoms with Crippen molar-refractivity contribution in [3.05, 3.63) is 59.9 Å². The number of aliphatic hydroxyl groups excluding tert-OH is 1. The van der Waals surface area contributed by atoms with Crippen LogP contribution in [0.1, 0.15) is 23.6 Å². The average Bonchev–Trinajstić information content (AvgIpc) is 2.85. The van der Waals surface area contributed by atoms with Gasteiger partial charge in [0.05, 0.1) is 13.2 Å². The molecular formula is C17H18N2O3. The number of hydrogen-bond donors (Lipinski definition) is 1. The van der Waals surface area contributed by atoms with Crippen molar-refractivity contribution in [2.45, 2.75) is 25.1 Å². The number of carbonyl (C=O) groups excluding carboxylic acids is 1. The Morgan fingerprint density at radius 3 is 2.73 bits per heavy atom. The topological polar surface area (TPSA) is 62.7 Å². The minimum Gasteiger partial charge on any atom is -0.497 e. The van der Waals surface area contributed by atoms with Gasteiger partial charge in [0.15, 0.2) is 0 Å². The molecule has 2 atom stereocenters. The maximum Gasteiger partial charge on any atom is 0.252 e. The van der Waals surface area contributed by atoms with Gasteiger partial charge in [-0.05, 0) is 29.3 Å². The molecular weight excluding hydrogens is 280 g/mol. The van der Waals surface area contributed by atoms with E-state index < -0.39 is 6.10 Å². The van der Waals surface area contributed by atoms with E-state index in [2.05, 4.69) is 4.98 Å². The Bertz CT molecular complexity index is 643. The van der Waals surface area contributed by atoms with E-state index in [9.17, 15) is 9.90 Å². The summed E-state index contributed by atoms with van der Waals surface area (Å²) < 4.78 is 5.14. The quantitative estimate of drug-likeness (QED) is 0.937. The Hall–Kier alpha value is -2.40. The lowest BCUT2D eigenvalue weighted by atomic mass is 10.1. The van der Waals surface area contributed by atoms with E-state index in [4.69, 9.17) is 4.74 Å². The van der Waals surface area contributed by atoms with Gasteiger partial charge in [-0.1, -0.05) is 18.2 Å². The van der Waals surface area contributed by atoms with Crippen molar-refractivity contribution in [3.63, 3.8) is 0 Å². The number of aliphatic hydroxyl groups is 1. The molecule has 5 heteroatoms. The van der Waals surface area contributed by atoms with Crippen LogP contribution in [0.25, 0.3) is 0 Å². The highest BCUT2D eigenvalue weighted by molar-refractivity contribution is 5.83. The van der Waals surface area contributed by atoms with Crippen LogP contribution in [0.2, 0.25) is 0 Å². The molecule has 1 N–H and O–H groups in total. The van der Waals surface area contributed by atoms with Gasteiger partial charge in [-0.15, -0.1) is 0 Å². The summed E-state index contributed by atoms with van der Waals surface area (Å²) in [5.74, 6) is 0.546. The molecule has 1 saturated heterocycles. The van der Waals surface area contributed by atoms with E-state index >= 15 is 0 Å². The highest BCUT2D eigenvalue weighted by atomic mass is 16.5. The minimum atomic E-state index is -0.941. The number of hydrogen-bond acceptors (Lipinski definition) is 4. The third kappa shape index (κ3) is 2.80. The van der Waals surface area contributed by atoms with E-state index in [0.29, 0.717) is 13.0 Å². The van der Waals surface area contributed by atoms with Crippen molar-refractivity contribution in [1.29, 1.82) is 0 Å². The van der Waals surface area contributed by atoms with Gasteiger partial charge in [0.2, 0.25) is 0 Å². The van der Waals surface area contributed by atoms with Gasteiger partial charge in [0.25, 0.3) is 5.91 Å². The van der Waals surface area contributed by atoms with E-state index in [1.54, 1.807) is 24.4 Å². The predicted molar refractivity (Wildman–Crippen MR) is 81.1 cm³/mol. The molecule has 1 aliphatic rings. The standard InChI is InChI=1S/C17H18N2O3/c1-22-14-6-4-12(5-7-14)11-19-15(9-16(20)17(19)21)13-3-2-8-18-10-13/h2-8,10,15-16,20H,9,11H2,1H3/t15?,16-/m0/s1. The van der Waals surface area contributed by atoms with Gasteiger partial charge in [0, 0.05) is 25.4 Å². The van der Waals surface area contributed by atoms with Crippen LogP contribution in [-0.2, 0) is 11.3 Å². The SMILES string of the molecule is COc1ccc(CN2C(=O)[C@@H](O)CC2c2cccnc2)cc1. The second-order valence-electron chi connectivity index (χ2n) is 5.37. The molecule has 22 heavy (non-hydrogen) atoms. The van der Waals surface area contributed by atoms with Crippen LogP contribution in [-0.4, -0.2) is 34.1 Å². The molecule has 0 saturated carbocycles. The Morgan fingerprint density at radius 1 is 1.32 bits per heavy atom. The Labute approximate surface area is 129 Å². The number of amides is 1. The maximum absolute atomic E-state index is 12.2. The maximum atomic E-state index is 12.2. The highest BCUT2D eigenvalue weighted by Gasteiger charge is 2.39. The zero-order chi connectivity index (χ0) is 15.5. The molecule has 0 aliphatic carbocycles. The molecule has 2 aromatic rings. The Morgan fingerprint density at radius 2 is 2.09 bits per heavy atom. The molecule has 0 spiro atoms. The number of benzene rings is 1. The van der Waals surface area contributed by atoms with E-state index in [-0.39, 0.29) is 11.9 Å². The number of ether oxygens (including phenoxy) is 1. The van der Waals surface area contributed by atoms with Gasteiger partial charge in [0.1, 0.15) is 11.9 Å². The number of likely N-dealkylation sites (tertiary alicyclic amines) is 1. The predicted octanol–water partition coefficient (Wildman–Crippen LogP) is 1.92. The summed E-state index contributed by atoms with van der Waals surface area (Å²) in [6.07, 6.45) is 2.91. The molecule has 1 fully saturated rings. The lowest BCUT2D eigenvalue weighted by molar-refractivity contribution is -0.135. The first-order valence-electron chi connectivity index (χ1n) is 7.20. The fourth-order valence-corrected chi connectivity index (χ4v) is 2.79. The largest absolute Gasteiger partial charge is 0.497 e. The van der Waals surface area contributed by atoms with Crippen LogP contribution in [0, 0.1) is 0 Å². The van der Waals surface area contributed by atoms with Crippen molar-refractivity contribution in [2.75, 3.05) is 7.11 Å². The smallest absolute Gasteiger partial charge is 0.252 e. The van der Waals surface area contributed by atoms with Gasteiger partial charge in [-0.2, -0.15) is 0 Å². The second kappa shape index (κ2) is 6.15. The van der Waals surface area contributed by atoms with Gasteiger partial charge in [-0.25, -0.2) is 0 Å². The molecule has 1 unspecified atom stereocenters. The number of nitrogens with zero attached hydrogens (tertiary/aromatic N) is 2. The van der Waals surface area contributed by atoms with Crippen LogP contribution in [0.15, 0.2) is 48.8 Å². The number of aromatic nitrogens is 1. The van der Waals surface area contributed by atoms with Gasteiger partial charge < -0.3 is 14.7 Å². The monoisotopic (exact) mass is 298 g/mol. The Balaban J connectivity index is 1.83. The molecule has 2 heterocycles.